The minimum absolute atomic E-state index is 0.00732. The predicted molar refractivity (Wildman–Crippen MR) is 119 cm³/mol. The lowest BCUT2D eigenvalue weighted by molar-refractivity contribution is 0.0622. The SMILES string of the molecule is C=CCOC(=O)N1C2CCC1CC(n1nc(NC(=O)OC(C)(C)C)c3nnc(Cl)cc31)C2. The smallest absolute Gasteiger partial charge is 0.413 e. The Labute approximate surface area is 190 Å². The fourth-order valence-corrected chi connectivity index (χ4v) is 4.67. The van der Waals surface area contributed by atoms with Gasteiger partial charge in [0.1, 0.15) is 12.2 Å². The summed E-state index contributed by atoms with van der Waals surface area (Å²) in [6.45, 7) is 9.14. The average Bonchev–Trinajstić information content (AvgIpc) is 3.18. The zero-order valence-electron chi connectivity index (χ0n) is 18.4. The lowest BCUT2D eigenvalue weighted by Crippen LogP contribution is -2.47. The zero-order chi connectivity index (χ0) is 23.0. The lowest BCUT2D eigenvalue weighted by Gasteiger charge is -2.38. The summed E-state index contributed by atoms with van der Waals surface area (Å²) in [5, 5.41) is 15.6. The molecule has 172 valence electrons. The van der Waals surface area contributed by atoms with E-state index in [1.807, 2.05) is 9.58 Å². The maximum absolute atomic E-state index is 12.5. The van der Waals surface area contributed by atoms with Crippen LogP contribution < -0.4 is 5.32 Å². The monoisotopic (exact) mass is 462 g/mol. The van der Waals surface area contributed by atoms with Gasteiger partial charge in [-0.25, -0.2) is 9.59 Å². The van der Waals surface area contributed by atoms with Gasteiger partial charge in [0.15, 0.2) is 16.5 Å². The summed E-state index contributed by atoms with van der Waals surface area (Å²) in [7, 11) is 0. The Morgan fingerprint density at radius 3 is 2.56 bits per heavy atom. The van der Waals surface area contributed by atoms with Crippen LogP contribution in [0, 0.1) is 0 Å². The average molecular weight is 463 g/mol. The summed E-state index contributed by atoms with van der Waals surface area (Å²) in [5.41, 5.74) is 0.451. The molecule has 1 N–H and O–H groups in total. The number of hydrogen-bond acceptors (Lipinski definition) is 7. The van der Waals surface area contributed by atoms with Crippen LogP contribution >= 0.6 is 11.6 Å². The van der Waals surface area contributed by atoms with E-state index < -0.39 is 11.7 Å². The number of carbonyl (C=O) groups is 2. The second-order valence-electron chi connectivity index (χ2n) is 9.10. The van der Waals surface area contributed by atoms with Gasteiger partial charge in [-0.3, -0.25) is 10.00 Å². The Hall–Kier alpha value is -2.88. The molecule has 2 fully saturated rings. The van der Waals surface area contributed by atoms with Gasteiger partial charge in [-0.1, -0.05) is 24.3 Å². The number of amides is 2. The summed E-state index contributed by atoms with van der Waals surface area (Å²) in [6, 6.07) is 1.81. The van der Waals surface area contributed by atoms with E-state index in [0.717, 1.165) is 12.8 Å². The van der Waals surface area contributed by atoms with Crippen LogP contribution in [0.3, 0.4) is 0 Å². The quantitative estimate of drug-likeness (QED) is 0.673. The van der Waals surface area contributed by atoms with Crippen LogP contribution in [0.5, 0.6) is 0 Å². The van der Waals surface area contributed by atoms with E-state index in [2.05, 4.69) is 27.2 Å². The van der Waals surface area contributed by atoms with Gasteiger partial charge in [-0.05, 0) is 46.5 Å². The summed E-state index contributed by atoms with van der Waals surface area (Å²) in [6.07, 6.45) is 3.88. The molecule has 2 aliphatic rings. The molecule has 0 radical (unpaired) electrons. The molecule has 4 heterocycles. The molecule has 10 nitrogen and oxygen atoms in total. The molecule has 11 heteroatoms. The third-order valence-electron chi connectivity index (χ3n) is 5.63. The first-order valence-electron chi connectivity index (χ1n) is 10.6. The number of carbonyl (C=O) groups excluding carboxylic acids is 2. The first-order chi connectivity index (χ1) is 15.2. The highest BCUT2D eigenvalue weighted by Crippen LogP contribution is 2.42. The number of nitrogens with one attached hydrogen (secondary N) is 1. The highest BCUT2D eigenvalue weighted by Gasteiger charge is 2.45. The standard InChI is InChI=1S/C21H27ClN6O4/c1-5-8-31-20(30)27-12-6-7-13(27)10-14(9-12)28-15-11-16(22)24-25-17(15)18(26-28)23-19(29)32-21(2,3)4/h5,11-14H,1,6-10H2,2-4H3,(H,23,26,29). The summed E-state index contributed by atoms with van der Waals surface area (Å²) >= 11 is 6.11. The second kappa shape index (κ2) is 8.57. The van der Waals surface area contributed by atoms with E-state index in [1.165, 1.54) is 0 Å². The molecule has 2 aromatic rings. The van der Waals surface area contributed by atoms with E-state index in [4.69, 9.17) is 21.1 Å². The Balaban J connectivity index is 1.60. The van der Waals surface area contributed by atoms with Gasteiger partial charge >= 0.3 is 12.2 Å². The molecule has 0 spiro atoms. The van der Waals surface area contributed by atoms with E-state index >= 15 is 0 Å². The molecular formula is C21H27ClN6O4. The highest BCUT2D eigenvalue weighted by atomic mass is 35.5. The van der Waals surface area contributed by atoms with Crippen molar-refractivity contribution in [3.05, 3.63) is 23.9 Å². The van der Waals surface area contributed by atoms with Crippen LogP contribution in [0.25, 0.3) is 11.0 Å². The molecule has 2 unspecified atom stereocenters. The van der Waals surface area contributed by atoms with Crippen LogP contribution in [0.4, 0.5) is 15.4 Å². The van der Waals surface area contributed by atoms with E-state index in [-0.39, 0.29) is 41.8 Å². The van der Waals surface area contributed by atoms with Crippen molar-refractivity contribution in [3.8, 4) is 0 Å². The number of rotatable bonds is 4. The number of piperidine rings is 1. The third kappa shape index (κ3) is 4.50. The Morgan fingerprint density at radius 1 is 1.25 bits per heavy atom. The molecule has 2 atom stereocenters. The first kappa shape index (κ1) is 22.3. The number of halogens is 1. The summed E-state index contributed by atoms with van der Waals surface area (Å²) < 4.78 is 12.5. The van der Waals surface area contributed by atoms with E-state index in [1.54, 1.807) is 32.9 Å². The molecule has 0 aromatic carbocycles. The molecule has 4 rings (SSSR count). The molecule has 2 saturated heterocycles. The Morgan fingerprint density at radius 2 is 1.94 bits per heavy atom. The fourth-order valence-electron chi connectivity index (χ4n) is 4.52. The van der Waals surface area contributed by atoms with Crippen molar-refractivity contribution in [1.82, 2.24) is 24.9 Å². The number of fused-ring (bicyclic) bond motifs is 3. The van der Waals surface area contributed by atoms with Crippen molar-refractivity contribution >= 4 is 40.6 Å². The van der Waals surface area contributed by atoms with Crippen molar-refractivity contribution < 1.29 is 19.1 Å². The minimum Gasteiger partial charge on any atom is -0.445 e. The normalized spacial score (nSPS) is 22.6. The summed E-state index contributed by atoms with van der Waals surface area (Å²) in [4.78, 5) is 26.7. The molecule has 2 aromatic heterocycles. The van der Waals surface area contributed by atoms with Crippen molar-refractivity contribution in [1.29, 1.82) is 0 Å². The Bertz CT molecular complexity index is 1030. The van der Waals surface area contributed by atoms with E-state index in [9.17, 15) is 9.59 Å². The zero-order valence-corrected chi connectivity index (χ0v) is 19.1. The van der Waals surface area contributed by atoms with Gasteiger partial charge in [0, 0.05) is 18.2 Å². The van der Waals surface area contributed by atoms with Crippen LogP contribution in [0.2, 0.25) is 5.15 Å². The second-order valence-corrected chi connectivity index (χ2v) is 9.49. The van der Waals surface area contributed by atoms with Gasteiger partial charge in [0.25, 0.3) is 0 Å². The van der Waals surface area contributed by atoms with Crippen LogP contribution in [0.15, 0.2) is 18.7 Å². The molecule has 32 heavy (non-hydrogen) atoms. The number of hydrogen-bond donors (Lipinski definition) is 1. The maximum Gasteiger partial charge on any atom is 0.413 e. The largest absolute Gasteiger partial charge is 0.445 e. The molecule has 2 bridgehead atoms. The Kier molecular flexibility index (Phi) is 5.98. The van der Waals surface area contributed by atoms with Crippen molar-refractivity contribution in [3.63, 3.8) is 0 Å². The fraction of sp³-hybridized carbons (Fsp3) is 0.571. The lowest BCUT2D eigenvalue weighted by atomic mass is 9.98. The minimum atomic E-state index is -0.649. The number of aromatic nitrogens is 4. The molecule has 2 aliphatic heterocycles. The van der Waals surface area contributed by atoms with Gasteiger partial charge < -0.3 is 14.4 Å². The summed E-state index contributed by atoms with van der Waals surface area (Å²) in [5.74, 6) is 0.263. The van der Waals surface area contributed by atoms with Gasteiger partial charge in [-0.15, -0.1) is 10.2 Å². The van der Waals surface area contributed by atoms with Crippen molar-refractivity contribution in [2.24, 2.45) is 0 Å². The molecule has 0 saturated carbocycles. The van der Waals surface area contributed by atoms with Gasteiger partial charge in [0.2, 0.25) is 0 Å². The van der Waals surface area contributed by atoms with Crippen LogP contribution in [-0.4, -0.2) is 61.4 Å². The van der Waals surface area contributed by atoms with E-state index in [0.29, 0.717) is 23.9 Å². The van der Waals surface area contributed by atoms with Crippen LogP contribution in [-0.2, 0) is 9.47 Å². The number of ether oxygens (including phenoxy) is 2. The molecular weight excluding hydrogens is 436 g/mol. The first-order valence-corrected chi connectivity index (χ1v) is 11.0. The number of anilines is 1. The molecule has 2 amide bonds. The molecule has 0 aliphatic carbocycles. The number of nitrogens with zero attached hydrogens (tertiary/aromatic N) is 5. The van der Waals surface area contributed by atoms with Crippen molar-refractivity contribution in [2.45, 2.75) is 70.2 Å². The van der Waals surface area contributed by atoms with Crippen molar-refractivity contribution in [2.75, 3.05) is 11.9 Å². The third-order valence-corrected chi connectivity index (χ3v) is 5.82. The van der Waals surface area contributed by atoms with Gasteiger partial charge in [-0.2, -0.15) is 5.10 Å². The maximum atomic E-state index is 12.5. The van der Waals surface area contributed by atoms with Gasteiger partial charge in [0.05, 0.1) is 11.6 Å². The predicted octanol–water partition coefficient (Wildman–Crippen LogP) is 4.32. The highest BCUT2D eigenvalue weighted by molar-refractivity contribution is 6.29. The topological polar surface area (TPSA) is 111 Å². The van der Waals surface area contributed by atoms with Crippen LogP contribution in [0.1, 0.15) is 52.5 Å².